The van der Waals surface area contributed by atoms with Crippen LogP contribution < -0.4 is 5.32 Å². The van der Waals surface area contributed by atoms with Crippen molar-refractivity contribution in [3.63, 3.8) is 0 Å². The van der Waals surface area contributed by atoms with Gasteiger partial charge in [-0.2, -0.15) is 0 Å². The number of alkyl halides is 2. The fraction of sp³-hybridized carbons (Fsp3) is 1.00. The minimum Gasteiger partial charge on any atom is -0.395 e. The first-order valence-electron chi connectivity index (χ1n) is 3.36. The van der Waals surface area contributed by atoms with E-state index < -0.39 is 12.3 Å². The van der Waals surface area contributed by atoms with Crippen LogP contribution >= 0.6 is 0 Å². The quantitative estimate of drug-likeness (QED) is 0.591. The summed E-state index contributed by atoms with van der Waals surface area (Å²) in [7, 11) is 0. The molecule has 0 aromatic heterocycles. The first-order chi connectivity index (χ1) is 4.74. The molecule has 2 unspecified atom stereocenters. The Kier molecular flexibility index (Phi) is 2.56. The lowest BCUT2D eigenvalue weighted by atomic mass is 10.1. The van der Waals surface area contributed by atoms with Gasteiger partial charge in [-0.1, -0.05) is 0 Å². The molecule has 2 nitrogen and oxygen atoms in total. The number of halogens is 2. The van der Waals surface area contributed by atoms with Gasteiger partial charge in [0, 0.05) is 18.5 Å². The van der Waals surface area contributed by atoms with Gasteiger partial charge < -0.3 is 10.4 Å². The molecule has 2 N–H and O–H groups in total. The topological polar surface area (TPSA) is 32.3 Å². The number of hydrogen-bond donors (Lipinski definition) is 2. The van der Waals surface area contributed by atoms with E-state index in [1.165, 1.54) is 0 Å². The van der Waals surface area contributed by atoms with Crippen LogP contribution in [-0.2, 0) is 0 Å². The van der Waals surface area contributed by atoms with Gasteiger partial charge >= 0.3 is 0 Å². The Morgan fingerprint density at radius 3 is 2.60 bits per heavy atom. The maximum absolute atomic E-state index is 11.9. The summed E-state index contributed by atoms with van der Waals surface area (Å²) in [6, 6.07) is -0.112. The van der Waals surface area contributed by atoms with E-state index in [4.69, 9.17) is 5.11 Å². The summed E-state index contributed by atoms with van der Waals surface area (Å²) < 4.78 is 23.9. The van der Waals surface area contributed by atoms with E-state index in [0.29, 0.717) is 13.0 Å². The molecule has 1 rings (SSSR count). The van der Waals surface area contributed by atoms with Crippen molar-refractivity contribution < 1.29 is 13.9 Å². The molecule has 1 aliphatic rings. The minimum atomic E-state index is -2.25. The van der Waals surface area contributed by atoms with E-state index in [0.717, 1.165) is 0 Å². The summed E-state index contributed by atoms with van der Waals surface area (Å²) >= 11 is 0. The molecule has 0 spiro atoms. The lowest BCUT2D eigenvalue weighted by Gasteiger charge is -2.05. The van der Waals surface area contributed by atoms with E-state index >= 15 is 0 Å². The number of aliphatic hydroxyl groups is 1. The Morgan fingerprint density at radius 1 is 1.60 bits per heavy atom. The molecule has 0 aromatic carbocycles. The lowest BCUT2D eigenvalue weighted by molar-refractivity contribution is 0.0846. The van der Waals surface area contributed by atoms with Crippen LogP contribution in [0.4, 0.5) is 8.78 Å². The van der Waals surface area contributed by atoms with E-state index in [-0.39, 0.29) is 12.6 Å². The van der Waals surface area contributed by atoms with Crippen LogP contribution in [0.2, 0.25) is 0 Å². The van der Waals surface area contributed by atoms with Crippen LogP contribution in [0.5, 0.6) is 0 Å². The van der Waals surface area contributed by atoms with Crippen molar-refractivity contribution in [1.82, 2.24) is 5.32 Å². The number of hydrogen-bond acceptors (Lipinski definition) is 2. The highest BCUT2D eigenvalue weighted by atomic mass is 19.3. The highest BCUT2D eigenvalue weighted by molar-refractivity contribution is 4.81. The second kappa shape index (κ2) is 3.25. The zero-order valence-corrected chi connectivity index (χ0v) is 5.56. The summed E-state index contributed by atoms with van der Waals surface area (Å²) in [5.41, 5.74) is 0. The van der Waals surface area contributed by atoms with Gasteiger partial charge in [-0.05, 0) is 6.42 Å². The van der Waals surface area contributed by atoms with E-state index in [2.05, 4.69) is 5.32 Å². The highest BCUT2D eigenvalue weighted by Gasteiger charge is 2.29. The fourth-order valence-corrected chi connectivity index (χ4v) is 1.18. The Labute approximate surface area is 58.2 Å². The van der Waals surface area contributed by atoms with Crippen LogP contribution in [0.25, 0.3) is 0 Å². The molecular weight excluding hydrogens is 140 g/mol. The molecule has 1 saturated heterocycles. The maximum Gasteiger partial charge on any atom is 0.242 e. The average Bonchev–Trinajstić information content (AvgIpc) is 2.34. The molecule has 0 saturated carbocycles. The minimum absolute atomic E-state index is 0.0385. The third-order valence-corrected chi connectivity index (χ3v) is 1.83. The molecule has 1 aliphatic heterocycles. The first kappa shape index (κ1) is 7.88. The second-order valence-electron chi connectivity index (χ2n) is 2.62. The lowest BCUT2D eigenvalue weighted by Crippen LogP contribution is -2.24. The normalized spacial score (nSPS) is 33.6. The molecule has 0 radical (unpaired) electrons. The van der Waals surface area contributed by atoms with E-state index in [9.17, 15) is 8.78 Å². The van der Waals surface area contributed by atoms with Gasteiger partial charge in [-0.15, -0.1) is 0 Å². The molecule has 0 aromatic rings. The van der Waals surface area contributed by atoms with Crippen molar-refractivity contribution in [3.05, 3.63) is 0 Å². The van der Waals surface area contributed by atoms with Crippen molar-refractivity contribution in [3.8, 4) is 0 Å². The number of aliphatic hydroxyl groups excluding tert-OH is 1. The van der Waals surface area contributed by atoms with Gasteiger partial charge in [0.2, 0.25) is 6.43 Å². The molecule has 4 heteroatoms. The molecule has 0 aliphatic carbocycles. The first-order valence-corrected chi connectivity index (χ1v) is 3.36. The zero-order valence-electron chi connectivity index (χ0n) is 5.56. The molecular formula is C6H11F2NO. The van der Waals surface area contributed by atoms with Crippen LogP contribution in [0.1, 0.15) is 6.42 Å². The van der Waals surface area contributed by atoms with Crippen LogP contribution in [0.15, 0.2) is 0 Å². The van der Waals surface area contributed by atoms with Gasteiger partial charge in [-0.3, -0.25) is 0 Å². The van der Waals surface area contributed by atoms with Gasteiger partial charge in [0.1, 0.15) is 0 Å². The van der Waals surface area contributed by atoms with Crippen molar-refractivity contribution in [2.75, 3.05) is 13.2 Å². The zero-order chi connectivity index (χ0) is 7.56. The SMILES string of the molecule is OCC1CC(C(F)F)CN1. The van der Waals surface area contributed by atoms with Crippen molar-refractivity contribution >= 4 is 0 Å². The van der Waals surface area contributed by atoms with Gasteiger partial charge in [0.05, 0.1) is 6.61 Å². The molecule has 60 valence electrons. The molecule has 0 bridgehead atoms. The predicted molar refractivity (Wildman–Crippen MR) is 33.0 cm³/mol. The molecule has 2 atom stereocenters. The fourth-order valence-electron chi connectivity index (χ4n) is 1.18. The smallest absolute Gasteiger partial charge is 0.242 e. The van der Waals surface area contributed by atoms with Gasteiger partial charge in [0.25, 0.3) is 0 Å². The summed E-state index contributed by atoms with van der Waals surface area (Å²) in [5.74, 6) is -0.558. The summed E-state index contributed by atoms with van der Waals surface area (Å²) in [6.07, 6.45) is -1.85. The maximum atomic E-state index is 11.9. The number of rotatable bonds is 2. The largest absolute Gasteiger partial charge is 0.395 e. The standard InChI is InChI=1S/C6H11F2NO/c7-6(8)4-1-5(3-10)9-2-4/h4-6,9-10H,1-3H2. The van der Waals surface area contributed by atoms with E-state index in [1.54, 1.807) is 0 Å². The number of nitrogens with one attached hydrogen (secondary N) is 1. The van der Waals surface area contributed by atoms with Crippen LogP contribution in [0, 0.1) is 5.92 Å². The Bertz CT molecular complexity index is 110. The summed E-state index contributed by atoms with van der Waals surface area (Å²) in [5, 5.41) is 11.4. The average molecular weight is 151 g/mol. The predicted octanol–water partition coefficient (Wildman–Crippen LogP) is 0.222. The van der Waals surface area contributed by atoms with Gasteiger partial charge in [-0.25, -0.2) is 8.78 Å². The van der Waals surface area contributed by atoms with E-state index in [1.807, 2.05) is 0 Å². The highest BCUT2D eigenvalue weighted by Crippen LogP contribution is 2.20. The summed E-state index contributed by atoms with van der Waals surface area (Å²) in [6.45, 7) is 0.298. The molecule has 1 fully saturated rings. The third kappa shape index (κ3) is 1.64. The monoisotopic (exact) mass is 151 g/mol. The molecule has 1 heterocycles. The van der Waals surface area contributed by atoms with Crippen molar-refractivity contribution in [2.45, 2.75) is 18.9 Å². The second-order valence-corrected chi connectivity index (χ2v) is 2.62. The molecule has 10 heavy (non-hydrogen) atoms. The Morgan fingerprint density at radius 2 is 2.30 bits per heavy atom. The van der Waals surface area contributed by atoms with Crippen LogP contribution in [-0.4, -0.2) is 30.7 Å². The van der Waals surface area contributed by atoms with Crippen LogP contribution in [0.3, 0.4) is 0 Å². The summed E-state index contributed by atoms with van der Waals surface area (Å²) in [4.78, 5) is 0. The van der Waals surface area contributed by atoms with Gasteiger partial charge in [0.15, 0.2) is 0 Å². The molecule has 0 amide bonds. The van der Waals surface area contributed by atoms with Crippen molar-refractivity contribution in [2.24, 2.45) is 5.92 Å². The van der Waals surface area contributed by atoms with Crippen molar-refractivity contribution in [1.29, 1.82) is 0 Å². The Hall–Kier alpha value is -0.220. The third-order valence-electron chi connectivity index (χ3n) is 1.83. The Balaban J connectivity index is 2.28.